The van der Waals surface area contributed by atoms with Gasteiger partial charge in [-0.15, -0.1) is 0 Å². The highest BCUT2D eigenvalue weighted by Crippen LogP contribution is 2.33. The van der Waals surface area contributed by atoms with E-state index in [1.807, 2.05) is 59.9 Å². The fourth-order valence-corrected chi connectivity index (χ4v) is 3.87. The lowest BCUT2D eigenvalue weighted by molar-refractivity contribution is -0.123. The van der Waals surface area contributed by atoms with Gasteiger partial charge in [0.25, 0.3) is 5.91 Å². The predicted octanol–water partition coefficient (Wildman–Crippen LogP) is 5.06. The minimum Gasteiger partial charge on any atom is -0.456 e. The molecule has 0 aliphatic carbocycles. The van der Waals surface area contributed by atoms with Crippen LogP contribution in [0.5, 0.6) is 0 Å². The molecule has 1 amide bonds. The summed E-state index contributed by atoms with van der Waals surface area (Å²) in [5, 5.41) is 6.10. The molecule has 162 valence electrons. The second-order valence-corrected chi connectivity index (χ2v) is 7.62. The maximum atomic E-state index is 12.5. The van der Waals surface area contributed by atoms with Gasteiger partial charge in [-0.3, -0.25) is 4.79 Å². The molecule has 0 atom stereocenters. The molecule has 2 N–H and O–H groups in total. The Morgan fingerprint density at radius 3 is 2.66 bits per heavy atom. The van der Waals surface area contributed by atoms with Crippen molar-refractivity contribution in [3.63, 3.8) is 0 Å². The van der Waals surface area contributed by atoms with Gasteiger partial charge in [0.05, 0.1) is 5.69 Å². The third-order valence-corrected chi connectivity index (χ3v) is 5.36. The van der Waals surface area contributed by atoms with Gasteiger partial charge < -0.3 is 15.1 Å². The van der Waals surface area contributed by atoms with E-state index >= 15 is 0 Å². The Balaban J connectivity index is 1.54. The van der Waals surface area contributed by atoms with Crippen molar-refractivity contribution in [2.45, 2.75) is 19.3 Å². The van der Waals surface area contributed by atoms with E-state index in [0.717, 1.165) is 33.2 Å². The molecule has 1 aliphatic rings. The quantitative estimate of drug-likeness (QED) is 0.469. The number of alkyl halides is 3. The number of amides is 1. The largest absolute Gasteiger partial charge is 0.456 e. The zero-order valence-electron chi connectivity index (χ0n) is 16.8. The molecule has 5 rings (SSSR count). The summed E-state index contributed by atoms with van der Waals surface area (Å²) in [6.45, 7) is -0.315. The number of halogens is 3. The molecule has 0 saturated carbocycles. The molecule has 0 spiro atoms. The molecule has 32 heavy (non-hydrogen) atoms. The first-order valence-corrected chi connectivity index (χ1v) is 10.1. The van der Waals surface area contributed by atoms with Gasteiger partial charge in [0.1, 0.15) is 23.6 Å². The first kappa shape index (κ1) is 20.3. The number of benzene rings is 2. The van der Waals surface area contributed by atoms with Crippen LogP contribution in [0.25, 0.3) is 33.6 Å². The number of pyridine rings is 1. The van der Waals surface area contributed by atoms with Crippen LogP contribution in [0, 0.1) is 0 Å². The van der Waals surface area contributed by atoms with Crippen molar-refractivity contribution in [3.8, 4) is 22.6 Å². The molecular weight excluding hydrogens is 419 g/mol. The molecule has 3 heterocycles. The van der Waals surface area contributed by atoms with E-state index in [1.165, 1.54) is 0 Å². The van der Waals surface area contributed by atoms with Gasteiger partial charge in [0.2, 0.25) is 0 Å². The summed E-state index contributed by atoms with van der Waals surface area (Å²) in [4.78, 5) is 16.8. The van der Waals surface area contributed by atoms with Crippen molar-refractivity contribution >= 4 is 16.9 Å². The maximum absolute atomic E-state index is 12.5. The average molecular weight is 437 g/mol. The van der Waals surface area contributed by atoms with Gasteiger partial charge in [-0.25, -0.2) is 4.98 Å². The number of carbonyl (C=O) groups is 1. The molecule has 2 aromatic heterocycles. The van der Waals surface area contributed by atoms with Crippen LogP contribution in [0.15, 0.2) is 65.1 Å². The highest BCUT2D eigenvalue weighted by atomic mass is 19.4. The smallest absolute Gasteiger partial charge is 0.405 e. The van der Waals surface area contributed by atoms with Crippen LogP contribution in [-0.2, 0) is 13.1 Å². The molecule has 8 heteroatoms. The molecule has 5 nitrogen and oxygen atoms in total. The standard InChI is InChI=1S/C24H18F3N3O2/c25-24(26,27)13-29-23(31)19-9-17-11-28-12-18(17)22(30-19)16-6-3-5-14(8-16)21-10-15-4-1-2-7-20(15)32-21/h1-10,28H,11-13H2,(H,29,31). The van der Waals surface area contributed by atoms with E-state index < -0.39 is 18.6 Å². The van der Waals surface area contributed by atoms with Crippen LogP contribution in [-0.4, -0.2) is 23.6 Å². The van der Waals surface area contributed by atoms with Crippen molar-refractivity contribution in [2.75, 3.05) is 6.54 Å². The SMILES string of the molecule is O=C(NCC(F)(F)F)c1cc2c(c(-c3cccc(-c4cc5ccccc5o4)c3)n1)CNC2. The fourth-order valence-electron chi connectivity index (χ4n) is 3.87. The fraction of sp³-hybridized carbons (Fsp3) is 0.167. The molecule has 1 aliphatic heterocycles. The highest BCUT2D eigenvalue weighted by Gasteiger charge is 2.29. The van der Waals surface area contributed by atoms with E-state index in [1.54, 1.807) is 6.07 Å². The number of hydrogen-bond donors (Lipinski definition) is 2. The second-order valence-electron chi connectivity index (χ2n) is 7.62. The zero-order chi connectivity index (χ0) is 22.3. The van der Waals surface area contributed by atoms with E-state index in [4.69, 9.17) is 4.42 Å². The number of carbonyl (C=O) groups excluding carboxylic acids is 1. The summed E-state index contributed by atoms with van der Waals surface area (Å²) in [6, 6.07) is 18.8. The Morgan fingerprint density at radius 1 is 1.03 bits per heavy atom. The van der Waals surface area contributed by atoms with Gasteiger partial charge in [0.15, 0.2) is 0 Å². The number of nitrogens with zero attached hydrogens (tertiary/aromatic N) is 1. The molecular formula is C24H18F3N3O2. The molecule has 0 bridgehead atoms. The Kier molecular flexibility index (Phi) is 4.94. The molecule has 0 unspecified atom stereocenters. The maximum Gasteiger partial charge on any atom is 0.405 e. The Labute approximate surface area is 181 Å². The normalized spacial score (nSPS) is 13.3. The van der Waals surface area contributed by atoms with Gasteiger partial charge >= 0.3 is 6.18 Å². The Morgan fingerprint density at radius 2 is 1.84 bits per heavy atom. The molecule has 2 aromatic carbocycles. The number of furan rings is 1. The molecule has 0 saturated heterocycles. The van der Waals surface area contributed by atoms with Crippen LogP contribution >= 0.6 is 0 Å². The predicted molar refractivity (Wildman–Crippen MR) is 114 cm³/mol. The van der Waals surface area contributed by atoms with Crippen LogP contribution in [0.3, 0.4) is 0 Å². The molecule has 0 fully saturated rings. The van der Waals surface area contributed by atoms with E-state index in [9.17, 15) is 18.0 Å². The van der Waals surface area contributed by atoms with Gasteiger partial charge in [-0.05, 0) is 35.4 Å². The Bertz CT molecular complexity index is 1290. The van der Waals surface area contributed by atoms with Crippen molar-refractivity contribution in [1.82, 2.24) is 15.6 Å². The molecule has 4 aromatic rings. The lowest BCUT2D eigenvalue weighted by Gasteiger charge is -2.12. The van der Waals surface area contributed by atoms with Crippen LogP contribution in [0.2, 0.25) is 0 Å². The zero-order valence-corrected chi connectivity index (χ0v) is 16.8. The van der Waals surface area contributed by atoms with Crippen molar-refractivity contribution in [3.05, 3.63) is 77.5 Å². The number of fused-ring (bicyclic) bond motifs is 2. The summed E-state index contributed by atoms with van der Waals surface area (Å²) < 4.78 is 43.5. The minimum atomic E-state index is -4.49. The summed E-state index contributed by atoms with van der Waals surface area (Å²) in [7, 11) is 0. The topological polar surface area (TPSA) is 67.2 Å². The number of nitrogens with one attached hydrogen (secondary N) is 2. The lowest BCUT2D eigenvalue weighted by atomic mass is 9.99. The van der Waals surface area contributed by atoms with Crippen LogP contribution in [0.1, 0.15) is 21.6 Å². The van der Waals surface area contributed by atoms with E-state index in [0.29, 0.717) is 24.5 Å². The second kappa shape index (κ2) is 7.80. The van der Waals surface area contributed by atoms with Crippen molar-refractivity contribution in [1.29, 1.82) is 0 Å². The first-order valence-electron chi connectivity index (χ1n) is 10.1. The Hall–Kier alpha value is -3.65. The summed E-state index contributed by atoms with van der Waals surface area (Å²) in [6.07, 6.45) is -4.49. The monoisotopic (exact) mass is 437 g/mol. The minimum absolute atomic E-state index is 0.0409. The first-order chi connectivity index (χ1) is 15.4. The third-order valence-electron chi connectivity index (χ3n) is 5.36. The van der Waals surface area contributed by atoms with E-state index in [2.05, 4.69) is 10.3 Å². The summed E-state index contributed by atoms with van der Waals surface area (Å²) >= 11 is 0. The highest BCUT2D eigenvalue weighted by molar-refractivity contribution is 5.93. The number of rotatable bonds is 4. The number of hydrogen-bond acceptors (Lipinski definition) is 4. The van der Waals surface area contributed by atoms with Gasteiger partial charge in [0, 0.05) is 29.6 Å². The van der Waals surface area contributed by atoms with Gasteiger partial charge in [-0.1, -0.05) is 36.4 Å². The lowest BCUT2D eigenvalue weighted by Crippen LogP contribution is -2.34. The summed E-state index contributed by atoms with van der Waals surface area (Å²) in [5.41, 5.74) is 4.68. The third kappa shape index (κ3) is 3.97. The van der Waals surface area contributed by atoms with E-state index in [-0.39, 0.29) is 5.69 Å². The van der Waals surface area contributed by atoms with Crippen molar-refractivity contribution in [2.24, 2.45) is 0 Å². The summed E-state index contributed by atoms with van der Waals surface area (Å²) in [5.74, 6) is -0.159. The van der Waals surface area contributed by atoms with Crippen LogP contribution in [0.4, 0.5) is 13.2 Å². The number of aromatic nitrogens is 1. The van der Waals surface area contributed by atoms with Crippen molar-refractivity contribution < 1.29 is 22.4 Å². The average Bonchev–Trinajstić information content (AvgIpc) is 3.43. The van der Waals surface area contributed by atoms with Gasteiger partial charge in [-0.2, -0.15) is 13.2 Å². The number of para-hydroxylation sites is 1. The molecule has 0 radical (unpaired) electrons. The van der Waals surface area contributed by atoms with Crippen LogP contribution < -0.4 is 10.6 Å².